The van der Waals surface area contributed by atoms with Crippen molar-refractivity contribution in [1.29, 1.82) is 0 Å². The van der Waals surface area contributed by atoms with Gasteiger partial charge in [0.1, 0.15) is 0 Å². The van der Waals surface area contributed by atoms with Gasteiger partial charge in [-0.15, -0.1) is 22.9 Å². The number of likely N-dealkylation sites (tertiary alicyclic amines) is 1. The molecule has 0 amide bonds. The third-order valence-electron chi connectivity index (χ3n) is 2.71. The Morgan fingerprint density at radius 1 is 1.43 bits per heavy atom. The highest BCUT2D eigenvalue weighted by atomic mass is 35.5. The number of nitrogens with zero attached hydrogens (tertiary/aromatic N) is 1. The number of rotatable bonds is 2. The summed E-state index contributed by atoms with van der Waals surface area (Å²) in [7, 11) is 0. The van der Waals surface area contributed by atoms with Crippen molar-refractivity contribution in [2.75, 3.05) is 13.1 Å². The lowest BCUT2D eigenvalue weighted by atomic mass is 10.2. The van der Waals surface area contributed by atoms with E-state index in [1.54, 1.807) is 0 Å². The summed E-state index contributed by atoms with van der Waals surface area (Å²) in [6, 6.07) is 4.34. The maximum Gasteiger partial charge on any atom is 0.0348 e. The molecule has 2 heterocycles. The first-order valence-corrected chi connectivity index (χ1v) is 6.55. The molecule has 1 saturated heterocycles. The van der Waals surface area contributed by atoms with E-state index in [1.165, 1.54) is 24.3 Å². The molecule has 0 radical (unpaired) electrons. The van der Waals surface area contributed by atoms with Gasteiger partial charge in [0.05, 0.1) is 0 Å². The summed E-state index contributed by atoms with van der Waals surface area (Å²) in [6.07, 6.45) is 3.58. The minimum Gasteiger partial charge on any atom is -0.298 e. The van der Waals surface area contributed by atoms with Crippen LogP contribution in [0.1, 0.15) is 24.1 Å². The van der Waals surface area contributed by atoms with Crippen molar-refractivity contribution < 1.29 is 0 Å². The van der Waals surface area contributed by atoms with Gasteiger partial charge in [0.25, 0.3) is 0 Å². The zero-order valence-electron chi connectivity index (χ0n) is 8.29. The molecule has 3 heteroatoms. The van der Waals surface area contributed by atoms with E-state index in [4.69, 9.17) is 11.6 Å². The second kappa shape index (κ2) is 5.15. The van der Waals surface area contributed by atoms with Crippen LogP contribution in [0.2, 0.25) is 0 Å². The first kappa shape index (κ1) is 10.5. The molecule has 1 aromatic heterocycles. The van der Waals surface area contributed by atoms with Crippen molar-refractivity contribution in [3.8, 4) is 0 Å². The molecule has 1 aromatic rings. The molecule has 0 spiro atoms. The Labute approximate surface area is 94.7 Å². The van der Waals surface area contributed by atoms with Gasteiger partial charge in [-0.1, -0.05) is 6.07 Å². The molecule has 1 aliphatic rings. The molecule has 0 bridgehead atoms. The van der Waals surface area contributed by atoms with Crippen LogP contribution in [0.5, 0.6) is 0 Å². The molecule has 0 aromatic carbocycles. The fraction of sp³-hybridized carbons (Fsp3) is 0.636. The lowest BCUT2D eigenvalue weighted by molar-refractivity contribution is 0.279. The van der Waals surface area contributed by atoms with Crippen molar-refractivity contribution in [2.45, 2.75) is 31.2 Å². The predicted molar refractivity (Wildman–Crippen MR) is 63.1 cm³/mol. The van der Waals surface area contributed by atoms with Crippen molar-refractivity contribution in [3.05, 3.63) is 22.4 Å². The summed E-state index contributed by atoms with van der Waals surface area (Å²) in [4.78, 5) is 3.99. The third-order valence-corrected chi connectivity index (χ3v) is 4.01. The summed E-state index contributed by atoms with van der Waals surface area (Å²) in [5.74, 6) is 0. The molecule has 1 unspecified atom stereocenters. The van der Waals surface area contributed by atoms with Crippen molar-refractivity contribution in [1.82, 2.24) is 4.90 Å². The fourth-order valence-corrected chi connectivity index (χ4v) is 2.89. The topological polar surface area (TPSA) is 3.24 Å². The van der Waals surface area contributed by atoms with E-state index < -0.39 is 0 Å². The highest BCUT2D eigenvalue weighted by Gasteiger charge is 2.14. The quantitative estimate of drug-likeness (QED) is 0.704. The second-order valence-electron chi connectivity index (χ2n) is 3.88. The van der Waals surface area contributed by atoms with Gasteiger partial charge in [0, 0.05) is 16.8 Å². The summed E-state index contributed by atoms with van der Waals surface area (Å²) in [5.41, 5.74) is 0. The maximum atomic E-state index is 6.14. The van der Waals surface area contributed by atoms with Crippen LogP contribution in [0.4, 0.5) is 0 Å². The van der Waals surface area contributed by atoms with E-state index >= 15 is 0 Å². The van der Waals surface area contributed by atoms with E-state index in [0.717, 1.165) is 19.5 Å². The Kier molecular flexibility index (Phi) is 3.85. The fourth-order valence-electron chi connectivity index (χ4n) is 1.90. The Bertz CT molecular complexity index is 260. The molecule has 1 aliphatic heterocycles. The molecule has 1 nitrogen and oxygen atoms in total. The summed E-state index contributed by atoms with van der Waals surface area (Å²) in [5, 5.41) is 2.56. The van der Waals surface area contributed by atoms with E-state index in [0.29, 0.717) is 5.38 Å². The number of alkyl halides is 1. The SMILES string of the molecule is ClC1CCCN(Cc2cccs2)CC1. The average molecular weight is 230 g/mol. The molecule has 14 heavy (non-hydrogen) atoms. The van der Waals surface area contributed by atoms with Crippen molar-refractivity contribution in [2.24, 2.45) is 0 Å². The Hall–Kier alpha value is -0.0500. The van der Waals surface area contributed by atoms with Gasteiger partial charge in [0.15, 0.2) is 0 Å². The summed E-state index contributed by atoms with van der Waals surface area (Å²) < 4.78 is 0. The van der Waals surface area contributed by atoms with Gasteiger partial charge >= 0.3 is 0 Å². The Morgan fingerprint density at radius 3 is 3.14 bits per heavy atom. The van der Waals surface area contributed by atoms with E-state index in [9.17, 15) is 0 Å². The average Bonchev–Trinajstić information content (AvgIpc) is 2.58. The highest BCUT2D eigenvalue weighted by molar-refractivity contribution is 7.09. The van der Waals surface area contributed by atoms with Gasteiger partial charge in [-0.05, 0) is 43.8 Å². The molecule has 0 saturated carbocycles. The molecule has 0 aliphatic carbocycles. The summed E-state index contributed by atoms with van der Waals surface area (Å²) >= 11 is 7.99. The van der Waals surface area contributed by atoms with Crippen molar-refractivity contribution in [3.63, 3.8) is 0 Å². The molecule has 1 atom stereocenters. The van der Waals surface area contributed by atoms with Gasteiger partial charge < -0.3 is 0 Å². The number of thiophene rings is 1. The van der Waals surface area contributed by atoms with Crippen LogP contribution in [0.25, 0.3) is 0 Å². The second-order valence-corrected chi connectivity index (χ2v) is 5.53. The van der Waals surface area contributed by atoms with E-state index in [2.05, 4.69) is 22.4 Å². The van der Waals surface area contributed by atoms with Crippen LogP contribution in [0.15, 0.2) is 17.5 Å². The van der Waals surface area contributed by atoms with Crippen LogP contribution in [0, 0.1) is 0 Å². The minimum atomic E-state index is 0.406. The first-order chi connectivity index (χ1) is 6.84. The van der Waals surface area contributed by atoms with Crippen LogP contribution >= 0.6 is 22.9 Å². The summed E-state index contributed by atoms with van der Waals surface area (Å²) in [6.45, 7) is 3.48. The zero-order valence-corrected chi connectivity index (χ0v) is 9.86. The smallest absolute Gasteiger partial charge is 0.0348 e. The Balaban J connectivity index is 1.86. The molecular formula is C11H16ClNS. The van der Waals surface area contributed by atoms with E-state index in [1.807, 2.05) is 11.3 Å². The van der Waals surface area contributed by atoms with Gasteiger partial charge in [-0.25, -0.2) is 0 Å². The molecule has 78 valence electrons. The van der Waals surface area contributed by atoms with Gasteiger partial charge in [0.2, 0.25) is 0 Å². The zero-order chi connectivity index (χ0) is 9.80. The van der Waals surface area contributed by atoms with Crippen LogP contribution in [-0.4, -0.2) is 23.4 Å². The van der Waals surface area contributed by atoms with Crippen LogP contribution < -0.4 is 0 Å². The van der Waals surface area contributed by atoms with Crippen LogP contribution in [-0.2, 0) is 6.54 Å². The number of hydrogen-bond donors (Lipinski definition) is 0. The Morgan fingerprint density at radius 2 is 2.36 bits per heavy atom. The first-order valence-electron chi connectivity index (χ1n) is 5.23. The molecule has 0 N–H and O–H groups in total. The largest absolute Gasteiger partial charge is 0.298 e. The predicted octanol–water partition coefficient (Wildman–Crippen LogP) is 3.34. The van der Waals surface area contributed by atoms with Crippen LogP contribution in [0.3, 0.4) is 0 Å². The van der Waals surface area contributed by atoms with E-state index in [-0.39, 0.29) is 0 Å². The number of hydrogen-bond acceptors (Lipinski definition) is 2. The lowest BCUT2D eigenvalue weighted by Gasteiger charge is -2.18. The standard InChI is InChI=1S/C11H16ClNS/c12-10-3-1-6-13(7-5-10)9-11-4-2-8-14-11/h2,4,8,10H,1,3,5-7,9H2. The van der Waals surface area contributed by atoms with Gasteiger partial charge in [-0.2, -0.15) is 0 Å². The molecular weight excluding hydrogens is 214 g/mol. The monoisotopic (exact) mass is 229 g/mol. The lowest BCUT2D eigenvalue weighted by Crippen LogP contribution is -2.23. The molecule has 1 fully saturated rings. The third kappa shape index (κ3) is 2.97. The molecule has 2 rings (SSSR count). The van der Waals surface area contributed by atoms with Crippen molar-refractivity contribution >= 4 is 22.9 Å². The van der Waals surface area contributed by atoms with Gasteiger partial charge in [-0.3, -0.25) is 4.90 Å². The highest BCUT2D eigenvalue weighted by Crippen LogP contribution is 2.19. The normalized spacial score (nSPS) is 24.8. The minimum absolute atomic E-state index is 0.406. The maximum absolute atomic E-state index is 6.14. The number of halogens is 1.